The summed E-state index contributed by atoms with van der Waals surface area (Å²) in [5.41, 5.74) is 0.383. The lowest BCUT2D eigenvalue weighted by atomic mass is 10.1. The first-order valence-corrected chi connectivity index (χ1v) is 8.52. The maximum Gasteiger partial charge on any atom is 0.248 e. The molecule has 1 aliphatic heterocycles. The minimum absolute atomic E-state index is 0.00188. The minimum Gasteiger partial charge on any atom is -0.360 e. The van der Waals surface area contributed by atoms with Gasteiger partial charge in [0, 0.05) is 25.6 Å². The van der Waals surface area contributed by atoms with Gasteiger partial charge in [-0.15, -0.1) is 0 Å². The smallest absolute Gasteiger partial charge is 0.248 e. The third-order valence-corrected chi connectivity index (χ3v) is 5.85. The van der Waals surface area contributed by atoms with Crippen LogP contribution >= 0.6 is 0 Å². The average Bonchev–Trinajstić information content (AvgIpc) is 2.79. The molecule has 1 N–H and O–H groups in total. The van der Waals surface area contributed by atoms with Gasteiger partial charge in [-0.1, -0.05) is 12.1 Å². The van der Waals surface area contributed by atoms with Gasteiger partial charge in [0.25, 0.3) is 0 Å². The average molecular weight is 315 g/mol. The summed E-state index contributed by atoms with van der Waals surface area (Å²) in [6.45, 7) is 5.80. The molecule has 0 radical (unpaired) electrons. The van der Waals surface area contributed by atoms with E-state index in [4.69, 9.17) is 4.52 Å². The highest BCUT2D eigenvalue weighted by Crippen LogP contribution is 2.25. The summed E-state index contributed by atoms with van der Waals surface area (Å²) in [5.74, 6) is 0.316. The van der Waals surface area contributed by atoms with Crippen LogP contribution in [0, 0.1) is 13.8 Å². The summed E-state index contributed by atoms with van der Waals surface area (Å²) in [4.78, 5) is 11.5. The van der Waals surface area contributed by atoms with Gasteiger partial charge in [-0.25, -0.2) is 8.42 Å². The second-order valence-electron chi connectivity index (χ2n) is 5.25. The highest BCUT2D eigenvalue weighted by atomic mass is 32.2. The Bertz CT molecular complexity index is 596. The second kappa shape index (κ2) is 6.15. The van der Waals surface area contributed by atoms with Crippen molar-refractivity contribution < 1.29 is 17.7 Å². The molecule has 1 aromatic rings. The van der Waals surface area contributed by atoms with Crippen molar-refractivity contribution in [3.8, 4) is 0 Å². The normalized spacial score (nSPS) is 17.9. The van der Waals surface area contributed by atoms with Gasteiger partial charge in [-0.2, -0.15) is 4.31 Å². The van der Waals surface area contributed by atoms with E-state index < -0.39 is 10.0 Å². The Labute approximate surface area is 124 Å². The van der Waals surface area contributed by atoms with Crippen LogP contribution in [0.2, 0.25) is 0 Å². The molecular formula is C13H21N3O4S. The molecule has 8 heteroatoms. The second-order valence-corrected chi connectivity index (χ2v) is 7.13. The topological polar surface area (TPSA) is 92.5 Å². The number of carbonyl (C=O) groups is 1. The highest BCUT2D eigenvalue weighted by molar-refractivity contribution is 7.89. The molecule has 1 saturated heterocycles. The van der Waals surface area contributed by atoms with E-state index in [2.05, 4.69) is 10.5 Å². The van der Waals surface area contributed by atoms with E-state index in [0.29, 0.717) is 43.8 Å². The van der Waals surface area contributed by atoms with Crippen molar-refractivity contribution in [3.05, 3.63) is 11.5 Å². The van der Waals surface area contributed by atoms with Crippen LogP contribution in [0.3, 0.4) is 0 Å². The monoisotopic (exact) mass is 315 g/mol. The molecule has 0 aliphatic carbocycles. The van der Waals surface area contributed by atoms with Crippen LogP contribution in [0.15, 0.2) is 9.42 Å². The first kappa shape index (κ1) is 16.0. The Morgan fingerprint density at radius 2 is 2.00 bits per heavy atom. The van der Waals surface area contributed by atoms with Crippen LogP contribution in [-0.2, 0) is 14.8 Å². The fourth-order valence-electron chi connectivity index (χ4n) is 2.54. The van der Waals surface area contributed by atoms with Crippen LogP contribution < -0.4 is 5.32 Å². The molecule has 1 aliphatic rings. The Kier molecular flexibility index (Phi) is 4.67. The number of aryl methyl sites for hydroxylation is 2. The van der Waals surface area contributed by atoms with Gasteiger partial charge in [-0.3, -0.25) is 4.79 Å². The quantitative estimate of drug-likeness (QED) is 0.894. The van der Waals surface area contributed by atoms with E-state index in [1.165, 1.54) is 4.31 Å². The van der Waals surface area contributed by atoms with Crippen LogP contribution in [0.1, 0.15) is 37.6 Å². The van der Waals surface area contributed by atoms with Gasteiger partial charge in [0.1, 0.15) is 10.6 Å². The van der Waals surface area contributed by atoms with Gasteiger partial charge in [0.2, 0.25) is 15.9 Å². The van der Waals surface area contributed by atoms with Crippen molar-refractivity contribution in [2.24, 2.45) is 0 Å². The van der Waals surface area contributed by atoms with Crippen molar-refractivity contribution in [3.63, 3.8) is 0 Å². The molecule has 0 unspecified atom stereocenters. The maximum atomic E-state index is 12.6. The Hall–Kier alpha value is -1.41. The highest BCUT2D eigenvalue weighted by Gasteiger charge is 2.33. The van der Waals surface area contributed by atoms with E-state index in [1.54, 1.807) is 20.8 Å². The molecular weight excluding hydrogens is 294 g/mol. The summed E-state index contributed by atoms with van der Waals surface area (Å²) >= 11 is 0. The lowest BCUT2D eigenvalue weighted by molar-refractivity contribution is -0.121. The molecule has 2 rings (SSSR count). The van der Waals surface area contributed by atoms with E-state index in [1.807, 2.05) is 0 Å². The third kappa shape index (κ3) is 3.26. The van der Waals surface area contributed by atoms with Crippen molar-refractivity contribution >= 4 is 15.9 Å². The first-order valence-electron chi connectivity index (χ1n) is 7.08. The molecule has 7 nitrogen and oxygen atoms in total. The lowest BCUT2D eigenvalue weighted by Crippen LogP contribution is -2.46. The number of sulfonamides is 1. The number of hydrogen-bond acceptors (Lipinski definition) is 5. The van der Waals surface area contributed by atoms with Crippen molar-refractivity contribution in [2.45, 2.75) is 51.0 Å². The number of rotatable bonds is 4. The van der Waals surface area contributed by atoms with Crippen LogP contribution in [0.5, 0.6) is 0 Å². The summed E-state index contributed by atoms with van der Waals surface area (Å²) in [6.07, 6.45) is 1.68. The van der Waals surface area contributed by atoms with Crippen molar-refractivity contribution in [1.82, 2.24) is 14.8 Å². The fraction of sp³-hybridized carbons (Fsp3) is 0.692. The molecule has 0 saturated carbocycles. The number of aromatic nitrogens is 1. The number of nitrogens with zero attached hydrogens (tertiary/aromatic N) is 2. The van der Waals surface area contributed by atoms with E-state index in [9.17, 15) is 13.2 Å². The summed E-state index contributed by atoms with van der Waals surface area (Å²) < 4.78 is 31.6. The Morgan fingerprint density at radius 3 is 2.48 bits per heavy atom. The Balaban J connectivity index is 2.07. The zero-order valence-corrected chi connectivity index (χ0v) is 13.4. The minimum atomic E-state index is -3.57. The fourth-order valence-corrected chi connectivity index (χ4v) is 4.30. The van der Waals surface area contributed by atoms with Crippen LogP contribution in [-0.4, -0.2) is 42.9 Å². The number of amides is 1. The molecule has 0 aromatic carbocycles. The van der Waals surface area contributed by atoms with Gasteiger partial charge in [-0.05, 0) is 26.7 Å². The molecule has 21 heavy (non-hydrogen) atoms. The van der Waals surface area contributed by atoms with Gasteiger partial charge in [0.05, 0.1) is 0 Å². The molecule has 0 bridgehead atoms. The molecule has 0 atom stereocenters. The van der Waals surface area contributed by atoms with Crippen molar-refractivity contribution in [2.75, 3.05) is 13.1 Å². The van der Waals surface area contributed by atoms with Gasteiger partial charge in [0.15, 0.2) is 5.76 Å². The maximum absolute atomic E-state index is 12.6. The lowest BCUT2D eigenvalue weighted by Gasteiger charge is -2.31. The zero-order chi connectivity index (χ0) is 15.6. The first-order chi connectivity index (χ1) is 9.86. The predicted molar refractivity (Wildman–Crippen MR) is 76.2 cm³/mol. The number of carbonyl (C=O) groups excluding carboxylic acids is 1. The summed E-state index contributed by atoms with van der Waals surface area (Å²) in [6, 6.07) is 0.0496. The Morgan fingerprint density at radius 1 is 1.38 bits per heavy atom. The predicted octanol–water partition coefficient (Wildman–Crippen LogP) is 0.971. The largest absolute Gasteiger partial charge is 0.360 e. The third-order valence-electron chi connectivity index (χ3n) is 3.71. The number of hydrogen-bond donors (Lipinski definition) is 1. The summed E-state index contributed by atoms with van der Waals surface area (Å²) in [7, 11) is -3.57. The number of piperidine rings is 1. The van der Waals surface area contributed by atoms with Crippen molar-refractivity contribution in [1.29, 1.82) is 0 Å². The summed E-state index contributed by atoms with van der Waals surface area (Å²) in [5, 5.41) is 6.61. The molecule has 1 amide bonds. The standard InChI is InChI=1S/C13H21N3O4S/c1-4-12(17)14-11-5-7-16(8-6-11)21(18,19)13-9(2)15-20-10(13)3/h11H,4-8H2,1-3H3,(H,14,17). The van der Waals surface area contributed by atoms with E-state index >= 15 is 0 Å². The van der Waals surface area contributed by atoms with E-state index in [-0.39, 0.29) is 16.8 Å². The molecule has 1 fully saturated rings. The molecule has 0 spiro atoms. The SMILES string of the molecule is CCC(=O)NC1CCN(S(=O)(=O)c2c(C)noc2C)CC1. The van der Waals surface area contributed by atoms with Gasteiger partial charge >= 0.3 is 0 Å². The molecule has 1 aromatic heterocycles. The molecule has 118 valence electrons. The van der Waals surface area contributed by atoms with Crippen LogP contribution in [0.4, 0.5) is 0 Å². The van der Waals surface area contributed by atoms with Gasteiger partial charge < -0.3 is 9.84 Å². The number of nitrogens with one attached hydrogen (secondary N) is 1. The molecule has 2 heterocycles. The van der Waals surface area contributed by atoms with E-state index in [0.717, 1.165) is 0 Å². The zero-order valence-electron chi connectivity index (χ0n) is 12.5. The van der Waals surface area contributed by atoms with Crippen LogP contribution in [0.25, 0.3) is 0 Å².